The fourth-order valence-electron chi connectivity index (χ4n) is 8.81. The topological polar surface area (TPSA) is 15.6 Å². The van der Waals surface area contributed by atoms with Crippen LogP contribution >= 0.6 is 0 Å². The van der Waals surface area contributed by atoms with Gasteiger partial charge in [0.15, 0.2) is 0 Å². The van der Waals surface area contributed by atoms with Crippen LogP contribution in [0.5, 0.6) is 0 Å². The van der Waals surface area contributed by atoms with Crippen molar-refractivity contribution in [2.24, 2.45) is 4.99 Å². The molecule has 0 saturated carbocycles. The Kier molecular flexibility index (Phi) is 16.5. The van der Waals surface area contributed by atoms with Crippen molar-refractivity contribution in [2.75, 3.05) is 4.90 Å². The Morgan fingerprint density at radius 3 is 1.75 bits per heavy atom. The van der Waals surface area contributed by atoms with Gasteiger partial charge in [0.1, 0.15) is 0 Å². The van der Waals surface area contributed by atoms with E-state index in [1.54, 1.807) is 0 Å². The summed E-state index contributed by atoms with van der Waals surface area (Å²) in [7, 11) is 0. The van der Waals surface area contributed by atoms with Crippen molar-refractivity contribution >= 4 is 33.9 Å². The quantitative estimate of drug-likeness (QED) is 0.139. The molecule has 65 heavy (non-hydrogen) atoms. The molecule has 2 nitrogen and oxygen atoms in total. The SMILES string of the molecule is C=C(C)c1cccc2c1-c1cc(C)ccc1C2.C=C(N=C(C)c1ccccc1)c1ccccc1.CC.CC1=C(N(c2ccccc2)c2ccccc2C)C(C)=C(c2ccccc2C)CC1. The summed E-state index contributed by atoms with van der Waals surface area (Å²) in [6.07, 6.45) is 3.25. The second kappa shape index (κ2) is 22.5. The van der Waals surface area contributed by atoms with Crippen molar-refractivity contribution in [1.82, 2.24) is 0 Å². The Balaban J connectivity index is 0.000000168. The largest absolute Gasteiger partial charge is 0.310 e. The minimum Gasteiger partial charge on any atom is -0.310 e. The van der Waals surface area contributed by atoms with E-state index in [2.05, 4.69) is 192 Å². The molecule has 0 N–H and O–H groups in total. The smallest absolute Gasteiger partial charge is 0.0633 e. The Labute approximate surface area is 390 Å². The van der Waals surface area contributed by atoms with Crippen molar-refractivity contribution in [3.63, 3.8) is 0 Å². The maximum Gasteiger partial charge on any atom is 0.0633 e. The zero-order valence-electron chi connectivity index (χ0n) is 40.2. The summed E-state index contributed by atoms with van der Waals surface area (Å²) in [4.78, 5) is 7.00. The highest BCUT2D eigenvalue weighted by Crippen LogP contribution is 2.44. The van der Waals surface area contributed by atoms with Gasteiger partial charge in [-0.3, -0.25) is 4.99 Å². The minimum atomic E-state index is 0.798. The van der Waals surface area contributed by atoms with Crippen LogP contribution in [0.4, 0.5) is 11.4 Å². The highest BCUT2D eigenvalue weighted by atomic mass is 15.2. The average molecular weight is 851 g/mol. The van der Waals surface area contributed by atoms with Gasteiger partial charge in [0.25, 0.3) is 0 Å². The molecule has 0 aliphatic heterocycles. The molecule has 0 aromatic heterocycles. The summed E-state index contributed by atoms with van der Waals surface area (Å²) in [5.74, 6) is 0. The maximum absolute atomic E-state index is 4.54. The Morgan fingerprint density at radius 2 is 1.12 bits per heavy atom. The number of anilines is 2. The van der Waals surface area contributed by atoms with E-state index >= 15 is 0 Å². The van der Waals surface area contributed by atoms with E-state index in [9.17, 15) is 0 Å². The van der Waals surface area contributed by atoms with Crippen LogP contribution in [0.2, 0.25) is 0 Å². The van der Waals surface area contributed by atoms with Crippen molar-refractivity contribution < 1.29 is 0 Å². The lowest BCUT2D eigenvalue weighted by molar-refractivity contribution is 0.912. The lowest BCUT2D eigenvalue weighted by Crippen LogP contribution is -2.22. The number of nitrogens with zero attached hydrogens (tertiary/aromatic N) is 2. The van der Waals surface area contributed by atoms with Gasteiger partial charge in [-0.25, -0.2) is 0 Å². The molecular formula is C63H66N2. The van der Waals surface area contributed by atoms with Crippen molar-refractivity contribution in [2.45, 2.75) is 81.6 Å². The summed E-state index contributed by atoms with van der Waals surface area (Å²) >= 11 is 0. The molecule has 0 spiro atoms. The van der Waals surface area contributed by atoms with Gasteiger partial charge in [-0.2, -0.15) is 0 Å². The van der Waals surface area contributed by atoms with Gasteiger partial charge in [-0.1, -0.05) is 196 Å². The van der Waals surface area contributed by atoms with Gasteiger partial charge < -0.3 is 4.90 Å². The van der Waals surface area contributed by atoms with Crippen LogP contribution in [-0.4, -0.2) is 5.71 Å². The number of hydrogen-bond donors (Lipinski definition) is 0. The standard InChI is InChI=1S/C28H29N.C17H16.C16H15N.C2H6/c1-20-12-8-10-16-25(20)26-19-18-22(3)28(23(26)4)29(24-14-6-5-7-15-24)27-17-11-9-13-21(27)2;1-11(2)15-6-4-5-14-10-13-8-7-12(3)9-16(13)17(14)15;1-13(15-9-5-3-6-10-15)17-14(2)16-11-7-4-8-12-16;1-2/h5-17H,18-19H2,1-4H3;4-9H,1,10H2,2-3H3;3-12H,1H2,2H3;1-2H3. The number of benzene rings is 7. The van der Waals surface area contributed by atoms with Gasteiger partial charge in [0, 0.05) is 22.8 Å². The number of fused-ring (bicyclic) bond motifs is 3. The van der Waals surface area contributed by atoms with Crippen LogP contribution in [0.15, 0.2) is 211 Å². The molecule has 328 valence electrons. The van der Waals surface area contributed by atoms with E-state index in [-0.39, 0.29) is 0 Å². The first kappa shape index (κ1) is 47.4. The Hall–Kier alpha value is -7.03. The van der Waals surface area contributed by atoms with E-state index in [1.807, 2.05) is 69.3 Å². The first-order valence-electron chi connectivity index (χ1n) is 23.1. The van der Waals surface area contributed by atoms with Crippen LogP contribution in [0.1, 0.15) is 104 Å². The maximum atomic E-state index is 4.54. The second-order valence-corrected chi connectivity index (χ2v) is 16.8. The third-order valence-electron chi connectivity index (χ3n) is 12.2. The molecule has 0 unspecified atom stereocenters. The summed E-state index contributed by atoms with van der Waals surface area (Å²) in [5.41, 5.74) is 25.6. The molecule has 9 rings (SSSR count). The third-order valence-corrected chi connectivity index (χ3v) is 12.2. The second-order valence-electron chi connectivity index (χ2n) is 16.8. The van der Waals surface area contributed by atoms with E-state index in [1.165, 1.54) is 83.9 Å². The highest BCUT2D eigenvalue weighted by Gasteiger charge is 2.26. The van der Waals surface area contributed by atoms with E-state index in [0.29, 0.717) is 0 Å². The predicted octanol–water partition coefficient (Wildman–Crippen LogP) is 17.8. The summed E-state index contributed by atoms with van der Waals surface area (Å²) in [6.45, 7) is 27.4. The fraction of sp³-hybridized carbons (Fsp3) is 0.190. The molecule has 0 fully saturated rings. The number of aliphatic imine (C=N–C) groups is 1. The molecule has 0 heterocycles. The van der Waals surface area contributed by atoms with Crippen molar-refractivity contribution in [1.29, 1.82) is 0 Å². The highest BCUT2D eigenvalue weighted by molar-refractivity contribution is 6.01. The molecule has 2 heteroatoms. The first-order valence-corrected chi connectivity index (χ1v) is 23.1. The summed E-state index contributed by atoms with van der Waals surface area (Å²) in [5, 5.41) is 0. The molecule has 0 bridgehead atoms. The van der Waals surface area contributed by atoms with Gasteiger partial charge in [0.05, 0.1) is 5.70 Å². The minimum absolute atomic E-state index is 0.798. The number of allylic oxidation sites excluding steroid dienone is 4. The average Bonchev–Trinajstić information content (AvgIpc) is 3.71. The number of para-hydroxylation sites is 2. The molecular weight excluding hydrogens is 785 g/mol. The van der Waals surface area contributed by atoms with Crippen LogP contribution in [0.3, 0.4) is 0 Å². The lowest BCUT2D eigenvalue weighted by Gasteiger charge is -2.35. The molecule has 7 aromatic carbocycles. The summed E-state index contributed by atoms with van der Waals surface area (Å²) < 4.78 is 0. The van der Waals surface area contributed by atoms with Crippen molar-refractivity contribution in [3.8, 4) is 11.1 Å². The molecule has 0 amide bonds. The number of hydrogen-bond acceptors (Lipinski definition) is 2. The van der Waals surface area contributed by atoms with Crippen molar-refractivity contribution in [3.05, 3.63) is 256 Å². The van der Waals surface area contributed by atoms with Crippen LogP contribution in [0, 0.1) is 20.8 Å². The Bertz CT molecular complexity index is 2840. The van der Waals surface area contributed by atoms with Gasteiger partial charge in [-0.15, -0.1) is 0 Å². The molecule has 2 aliphatic carbocycles. The van der Waals surface area contributed by atoms with Crippen LogP contribution < -0.4 is 4.90 Å². The molecule has 0 radical (unpaired) electrons. The zero-order valence-corrected chi connectivity index (χ0v) is 40.2. The van der Waals surface area contributed by atoms with Crippen LogP contribution in [-0.2, 0) is 6.42 Å². The fourth-order valence-corrected chi connectivity index (χ4v) is 8.81. The molecule has 0 atom stereocenters. The van der Waals surface area contributed by atoms with Gasteiger partial charge >= 0.3 is 0 Å². The predicted molar refractivity (Wildman–Crippen MR) is 285 cm³/mol. The number of aryl methyl sites for hydroxylation is 3. The van der Waals surface area contributed by atoms with Crippen LogP contribution in [0.25, 0.3) is 28.0 Å². The van der Waals surface area contributed by atoms with E-state index < -0.39 is 0 Å². The summed E-state index contributed by atoms with van der Waals surface area (Å²) in [6, 6.07) is 61.7. The normalized spacial score (nSPS) is 12.6. The third kappa shape index (κ3) is 11.4. The first-order chi connectivity index (χ1) is 31.5. The zero-order chi connectivity index (χ0) is 46.5. The molecule has 2 aliphatic rings. The monoisotopic (exact) mass is 851 g/mol. The lowest BCUT2D eigenvalue weighted by atomic mass is 9.84. The molecule has 0 saturated heterocycles. The van der Waals surface area contributed by atoms with Gasteiger partial charge in [-0.05, 0) is 158 Å². The molecule has 7 aromatic rings. The van der Waals surface area contributed by atoms with E-state index in [4.69, 9.17) is 0 Å². The number of rotatable bonds is 8. The van der Waals surface area contributed by atoms with E-state index in [0.717, 1.165) is 47.4 Å². The Morgan fingerprint density at radius 1 is 0.538 bits per heavy atom. The van der Waals surface area contributed by atoms with Gasteiger partial charge in [0.2, 0.25) is 0 Å².